The number of hydrogen-bond donors (Lipinski definition) is 2. The molecule has 1 atom stereocenters. The van der Waals surface area contributed by atoms with Crippen molar-refractivity contribution in [2.75, 3.05) is 39.4 Å². The van der Waals surface area contributed by atoms with Crippen LogP contribution >= 0.6 is 0 Å². The van der Waals surface area contributed by atoms with Crippen LogP contribution < -0.4 is 10.0 Å². The molecule has 1 heterocycles. The van der Waals surface area contributed by atoms with Gasteiger partial charge in [-0.15, -0.1) is 0 Å². The fraction of sp³-hybridized carbons (Fsp3) is 1.00. The highest BCUT2D eigenvalue weighted by Gasteiger charge is 2.28. The van der Waals surface area contributed by atoms with Gasteiger partial charge in [0.15, 0.2) is 0 Å². The first-order valence-corrected chi connectivity index (χ1v) is 8.99. The first-order valence-electron chi connectivity index (χ1n) is 7.55. The smallest absolute Gasteiger partial charge is 0.279 e. The zero-order valence-electron chi connectivity index (χ0n) is 12.9. The van der Waals surface area contributed by atoms with Gasteiger partial charge in [-0.05, 0) is 45.7 Å². The monoisotopic (exact) mass is 307 g/mol. The van der Waals surface area contributed by atoms with Crippen molar-refractivity contribution >= 4 is 10.2 Å². The largest absolute Gasteiger partial charge is 0.380 e. The van der Waals surface area contributed by atoms with Crippen LogP contribution in [-0.2, 0) is 14.9 Å². The molecule has 0 aliphatic carbocycles. The van der Waals surface area contributed by atoms with Crippen molar-refractivity contribution in [3.05, 3.63) is 0 Å². The molecule has 20 heavy (non-hydrogen) atoms. The van der Waals surface area contributed by atoms with Crippen molar-refractivity contribution in [1.82, 2.24) is 14.3 Å². The lowest BCUT2D eigenvalue weighted by molar-refractivity contribution is 0.132. The molecule has 2 N–H and O–H groups in total. The molecule has 1 unspecified atom stereocenters. The second-order valence-corrected chi connectivity index (χ2v) is 7.04. The standard InChI is InChI=1S/C13H29N3O3S/c1-4-14-10-13-6-8-16(9-7-13)20(17,18)15-12(3)11-19-5-2/h12-15H,4-11H2,1-3H3. The van der Waals surface area contributed by atoms with Crippen LogP contribution in [-0.4, -0.2) is 58.2 Å². The zero-order valence-corrected chi connectivity index (χ0v) is 13.7. The maximum absolute atomic E-state index is 12.2. The molecule has 0 aromatic heterocycles. The fourth-order valence-electron chi connectivity index (χ4n) is 2.36. The molecule has 0 bridgehead atoms. The Balaban J connectivity index is 2.38. The van der Waals surface area contributed by atoms with Gasteiger partial charge in [0.05, 0.1) is 6.61 Å². The van der Waals surface area contributed by atoms with Crippen LogP contribution in [0.25, 0.3) is 0 Å². The average molecular weight is 307 g/mol. The Hall–Kier alpha value is -0.210. The molecule has 7 heteroatoms. The van der Waals surface area contributed by atoms with Crippen LogP contribution in [0.3, 0.4) is 0 Å². The van der Waals surface area contributed by atoms with Crippen molar-refractivity contribution in [2.24, 2.45) is 5.92 Å². The van der Waals surface area contributed by atoms with Gasteiger partial charge in [0.25, 0.3) is 10.2 Å². The molecule has 0 aromatic rings. The average Bonchev–Trinajstić information content (AvgIpc) is 2.43. The summed E-state index contributed by atoms with van der Waals surface area (Å²) >= 11 is 0. The van der Waals surface area contributed by atoms with E-state index in [0.29, 0.717) is 32.2 Å². The van der Waals surface area contributed by atoms with E-state index in [-0.39, 0.29) is 6.04 Å². The highest BCUT2D eigenvalue weighted by molar-refractivity contribution is 7.87. The highest BCUT2D eigenvalue weighted by atomic mass is 32.2. The highest BCUT2D eigenvalue weighted by Crippen LogP contribution is 2.18. The van der Waals surface area contributed by atoms with E-state index in [9.17, 15) is 8.42 Å². The van der Waals surface area contributed by atoms with Crippen LogP contribution in [0.15, 0.2) is 0 Å². The van der Waals surface area contributed by atoms with Crippen molar-refractivity contribution in [3.63, 3.8) is 0 Å². The normalized spacial score (nSPS) is 20.1. The topological polar surface area (TPSA) is 70.7 Å². The Labute approximate surface area is 123 Å². The Morgan fingerprint density at radius 3 is 2.50 bits per heavy atom. The summed E-state index contributed by atoms with van der Waals surface area (Å²) in [6.45, 7) is 9.98. The quantitative estimate of drug-likeness (QED) is 0.653. The summed E-state index contributed by atoms with van der Waals surface area (Å²) < 4.78 is 33.9. The maximum Gasteiger partial charge on any atom is 0.279 e. The number of ether oxygens (including phenoxy) is 1. The molecule has 1 aliphatic rings. The van der Waals surface area contributed by atoms with Gasteiger partial charge in [0.2, 0.25) is 0 Å². The summed E-state index contributed by atoms with van der Waals surface area (Å²) in [6.07, 6.45) is 1.85. The molecule has 0 radical (unpaired) electrons. The number of hydrogen-bond acceptors (Lipinski definition) is 4. The van der Waals surface area contributed by atoms with Crippen LogP contribution in [0.5, 0.6) is 0 Å². The molecule has 120 valence electrons. The van der Waals surface area contributed by atoms with Crippen LogP contribution in [0.1, 0.15) is 33.6 Å². The number of rotatable bonds is 9. The van der Waals surface area contributed by atoms with Crippen LogP contribution in [0, 0.1) is 5.92 Å². The lowest BCUT2D eigenvalue weighted by Crippen LogP contribution is -2.49. The van der Waals surface area contributed by atoms with Crippen molar-refractivity contribution in [1.29, 1.82) is 0 Å². The minimum absolute atomic E-state index is 0.195. The number of nitrogens with zero attached hydrogens (tertiary/aromatic N) is 1. The number of nitrogens with one attached hydrogen (secondary N) is 2. The number of piperidine rings is 1. The first kappa shape index (κ1) is 17.8. The van der Waals surface area contributed by atoms with Crippen molar-refractivity contribution in [3.8, 4) is 0 Å². The van der Waals surface area contributed by atoms with Crippen molar-refractivity contribution < 1.29 is 13.2 Å². The van der Waals surface area contributed by atoms with E-state index in [1.165, 1.54) is 0 Å². The maximum atomic E-state index is 12.2. The van der Waals surface area contributed by atoms with Crippen molar-refractivity contribution in [2.45, 2.75) is 39.7 Å². The molecule has 6 nitrogen and oxygen atoms in total. The molecule has 0 aromatic carbocycles. The molecule has 1 aliphatic heterocycles. The molecule has 1 rings (SSSR count). The lowest BCUT2D eigenvalue weighted by Gasteiger charge is -2.32. The van der Waals surface area contributed by atoms with Gasteiger partial charge in [-0.2, -0.15) is 17.4 Å². The molecule has 0 amide bonds. The van der Waals surface area contributed by atoms with Gasteiger partial charge in [0.1, 0.15) is 0 Å². The Kier molecular flexibility index (Phi) is 7.98. The van der Waals surface area contributed by atoms with Gasteiger partial charge in [-0.25, -0.2) is 0 Å². The van der Waals surface area contributed by atoms with Gasteiger partial charge in [0, 0.05) is 25.7 Å². The molecular formula is C13H29N3O3S. The summed E-state index contributed by atoms with van der Waals surface area (Å²) in [4.78, 5) is 0. The van der Waals surface area contributed by atoms with Gasteiger partial charge in [-0.3, -0.25) is 0 Å². The molecule has 0 spiro atoms. The summed E-state index contributed by atoms with van der Waals surface area (Å²) in [5.74, 6) is 0.585. The molecular weight excluding hydrogens is 278 g/mol. The van der Waals surface area contributed by atoms with E-state index in [1.54, 1.807) is 4.31 Å². The first-order chi connectivity index (χ1) is 9.49. The Morgan fingerprint density at radius 2 is 1.95 bits per heavy atom. The molecule has 0 saturated carbocycles. The van der Waals surface area contributed by atoms with E-state index in [4.69, 9.17) is 4.74 Å². The van der Waals surface area contributed by atoms with E-state index in [2.05, 4.69) is 17.0 Å². The summed E-state index contributed by atoms with van der Waals surface area (Å²) in [5.41, 5.74) is 0. The SMILES string of the molecule is CCNCC1CCN(S(=O)(=O)NC(C)COCC)CC1. The molecule has 1 saturated heterocycles. The fourth-order valence-corrected chi connectivity index (χ4v) is 3.78. The van der Waals surface area contributed by atoms with E-state index in [1.807, 2.05) is 13.8 Å². The summed E-state index contributed by atoms with van der Waals surface area (Å²) in [7, 11) is -3.37. The van der Waals surface area contributed by atoms with Crippen LogP contribution in [0.4, 0.5) is 0 Å². The van der Waals surface area contributed by atoms with Crippen LogP contribution in [0.2, 0.25) is 0 Å². The Bertz CT molecular complexity index is 354. The van der Waals surface area contributed by atoms with Gasteiger partial charge in [-0.1, -0.05) is 6.92 Å². The predicted molar refractivity (Wildman–Crippen MR) is 80.9 cm³/mol. The minimum atomic E-state index is -3.37. The predicted octanol–water partition coefficient (Wildman–Crippen LogP) is 0.567. The minimum Gasteiger partial charge on any atom is -0.380 e. The Morgan fingerprint density at radius 1 is 1.30 bits per heavy atom. The van der Waals surface area contributed by atoms with E-state index >= 15 is 0 Å². The molecule has 1 fully saturated rings. The van der Waals surface area contributed by atoms with E-state index in [0.717, 1.165) is 25.9 Å². The second kappa shape index (κ2) is 8.94. The summed E-state index contributed by atoms with van der Waals surface area (Å²) in [5, 5.41) is 3.33. The summed E-state index contributed by atoms with van der Waals surface area (Å²) in [6, 6.07) is -0.195. The third-order valence-corrected chi connectivity index (χ3v) is 5.26. The lowest BCUT2D eigenvalue weighted by atomic mass is 9.98. The van der Waals surface area contributed by atoms with Gasteiger partial charge < -0.3 is 10.1 Å². The van der Waals surface area contributed by atoms with E-state index < -0.39 is 10.2 Å². The zero-order chi connectivity index (χ0) is 15.0. The second-order valence-electron chi connectivity index (χ2n) is 5.33. The third-order valence-electron chi connectivity index (χ3n) is 3.52. The van der Waals surface area contributed by atoms with Gasteiger partial charge >= 0.3 is 0 Å². The third kappa shape index (κ3) is 6.05.